The molecule has 2 rings (SSSR count). The van der Waals surface area contributed by atoms with Crippen LogP contribution in [0.5, 0.6) is 5.75 Å². The van der Waals surface area contributed by atoms with Gasteiger partial charge in [0.25, 0.3) is 0 Å². The summed E-state index contributed by atoms with van der Waals surface area (Å²) in [6.45, 7) is 0. The first-order chi connectivity index (χ1) is 7.20. The molecule has 0 saturated heterocycles. The molecule has 1 N–H and O–H groups in total. The number of thioether (sulfide) groups is 1. The Labute approximate surface area is 92.0 Å². The quantitative estimate of drug-likeness (QED) is 0.787. The number of aryl methyl sites for hydroxylation is 1. The van der Waals surface area contributed by atoms with Crippen LogP contribution in [0.1, 0.15) is 0 Å². The average molecular weight is 221 g/mol. The molecular formula is C10H11N3OS. The summed E-state index contributed by atoms with van der Waals surface area (Å²) in [5.41, 5.74) is 0.947. The van der Waals surface area contributed by atoms with Crippen molar-refractivity contribution in [2.24, 2.45) is 7.05 Å². The third-order valence-corrected chi connectivity index (χ3v) is 2.59. The normalized spacial score (nSPS) is 10.5. The van der Waals surface area contributed by atoms with E-state index in [1.54, 1.807) is 16.8 Å². The summed E-state index contributed by atoms with van der Waals surface area (Å²) in [7, 11) is 1.86. The maximum absolute atomic E-state index is 9.18. The minimum atomic E-state index is 0.256. The van der Waals surface area contributed by atoms with Gasteiger partial charge in [-0.25, -0.2) is 9.67 Å². The van der Waals surface area contributed by atoms with Gasteiger partial charge in [0.1, 0.15) is 5.75 Å². The molecule has 0 atom stereocenters. The fourth-order valence-corrected chi connectivity index (χ4v) is 1.69. The molecule has 0 fully saturated rings. The second-order valence-corrected chi connectivity index (χ2v) is 3.87. The number of benzene rings is 1. The van der Waals surface area contributed by atoms with E-state index >= 15 is 0 Å². The van der Waals surface area contributed by atoms with Crippen molar-refractivity contribution >= 4 is 11.8 Å². The molecule has 0 amide bonds. The Morgan fingerprint density at radius 3 is 2.47 bits per heavy atom. The lowest BCUT2D eigenvalue weighted by atomic mass is 10.2. The number of phenolic OH excluding ortho intramolecular Hbond substituents is 1. The number of aromatic hydroxyl groups is 1. The van der Waals surface area contributed by atoms with E-state index in [0.29, 0.717) is 0 Å². The molecule has 15 heavy (non-hydrogen) atoms. The van der Waals surface area contributed by atoms with Crippen molar-refractivity contribution in [2.75, 3.05) is 6.26 Å². The van der Waals surface area contributed by atoms with E-state index < -0.39 is 0 Å². The third-order valence-electron chi connectivity index (χ3n) is 2.05. The van der Waals surface area contributed by atoms with Gasteiger partial charge < -0.3 is 5.11 Å². The Morgan fingerprint density at radius 1 is 1.27 bits per heavy atom. The van der Waals surface area contributed by atoms with Gasteiger partial charge in [0.2, 0.25) is 5.16 Å². The maximum atomic E-state index is 9.18. The third kappa shape index (κ3) is 1.97. The number of aromatic nitrogens is 3. The fourth-order valence-electron chi connectivity index (χ4n) is 1.31. The van der Waals surface area contributed by atoms with Crippen molar-refractivity contribution < 1.29 is 5.11 Å². The van der Waals surface area contributed by atoms with Crippen molar-refractivity contribution in [1.29, 1.82) is 0 Å². The highest BCUT2D eigenvalue weighted by Gasteiger charge is 2.08. The van der Waals surface area contributed by atoms with E-state index in [9.17, 15) is 5.11 Å². The first-order valence-corrected chi connectivity index (χ1v) is 5.67. The van der Waals surface area contributed by atoms with Crippen LogP contribution in [0, 0.1) is 0 Å². The molecule has 1 aromatic carbocycles. The monoisotopic (exact) mass is 221 g/mol. The van der Waals surface area contributed by atoms with Gasteiger partial charge in [0.05, 0.1) is 0 Å². The summed E-state index contributed by atoms with van der Waals surface area (Å²) in [5, 5.41) is 14.2. The first kappa shape index (κ1) is 10.0. The molecule has 0 aliphatic carbocycles. The van der Waals surface area contributed by atoms with Gasteiger partial charge in [0.15, 0.2) is 5.82 Å². The fraction of sp³-hybridized carbons (Fsp3) is 0.200. The van der Waals surface area contributed by atoms with E-state index in [1.165, 1.54) is 11.8 Å². The predicted octanol–water partition coefficient (Wildman–Crippen LogP) is 1.91. The smallest absolute Gasteiger partial charge is 0.208 e. The van der Waals surface area contributed by atoms with Crippen LogP contribution in [0.25, 0.3) is 11.4 Å². The molecule has 0 aliphatic rings. The lowest BCUT2D eigenvalue weighted by Gasteiger charge is -1.99. The second-order valence-electron chi connectivity index (χ2n) is 3.09. The second kappa shape index (κ2) is 3.94. The van der Waals surface area contributed by atoms with E-state index in [4.69, 9.17) is 0 Å². The Morgan fingerprint density at radius 2 is 1.93 bits per heavy atom. The van der Waals surface area contributed by atoms with Crippen LogP contribution in [0.15, 0.2) is 29.4 Å². The average Bonchev–Trinajstić information content (AvgIpc) is 2.61. The zero-order valence-corrected chi connectivity index (χ0v) is 9.32. The molecule has 78 valence electrons. The number of hydrogen-bond donors (Lipinski definition) is 1. The van der Waals surface area contributed by atoms with Crippen molar-refractivity contribution in [3.05, 3.63) is 24.3 Å². The lowest BCUT2D eigenvalue weighted by Crippen LogP contribution is -1.93. The van der Waals surface area contributed by atoms with Crippen molar-refractivity contribution in [3.63, 3.8) is 0 Å². The number of phenols is 1. The Balaban J connectivity index is 2.44. The Bertz CT molecular complexity index is 464. The van der Waals surface area contributed by atoms with Gasteiger partial charge in [-0.3, -0.25) is 0 Å². The molecular weight excluding hydrogens is 210 g/mol. The highest BCUT2D eigenvalue weighted by atomic mass is 32.2. The molecule has 1 heterocycles. The molecule has 1 aromatic heterocycles. The van der Waals surface area contributed by atoms with Crippen LogP contribution in [-0.4, -0.2) is 26.1 Å². The highest BCUT2D eigenvalue weighted by Crippen LogP contribution is 2.21. The lowest BCUT2D eigenvalue weighted by molar-refractivity contribution is 0.475. The minimum absolute atomic E-state index is 0.256. The van der Waals surface area contributed by atoms with E-state index in [2.05, 4.69) is 10.1 Å². The molecule has 0 saturated carbocycles. The van der Waals surface area contributed by atoms with Crippen LogP contribution < -0.4 is 0 Å². The molecule has 0 spiro atoms. The van der Waals surface area contributed by atoms with Gasteiger partial charge in [0, 0.05) is 12.6 Å². The van der Waals surface area contributed by atoms with E-state index in [1.807, 2.05) is 25.4 Å². The summed E-state index contributed by atoms with van der Waals surface area (Å²) in [4.78, 5) is 4.36. The summed E-state index contributed by atoms with van der Waals surface area (Å²) in [6, 6.07) is 6.93. The van der Waals surface area contributed by atoms with E-state index in [-0.39, 0.29) is 5.75 Å². The molecule has 0 aliphatic heterocycles. The van der Waals surface area contributed by atoms with Crippen LogP contribution in [0.3, 0.4) is 0 Å². The SMILES string of the molecule is CSc1nc(-c2ccc(O)cc2)n(C)n1. The number of nitrogens with zero attached hydrogens (tertiary/aromatic N) is 3. The Kier molecular flexibility index (Phi) is 2.64. The maximum Gasteiger partial charge on any atom is 0.208 e. The van der Waals surface area contributed by atoms with Crippen molar-refractivity contribution in [3.8, 4) is 17.1 Å². The van der Waals surface area contributed by atoms with Gasteiger partial charge in [-0.2, -0.15) is 0 Å². The predicted molar refractivity (Wildman–Crippen MR) is 59.9 cm³/mol. The molecule has 0 unspecified atom stereocenters. The number of hydrogen-bond acceptors (Lipinski definition) is 4. The van der Waals surface area contributed by atoms with Crippen LogP contribution in [0.2, 0.25) is 0 Å². The van der Waals surface area contributed by atoms with Gasteiger partial charge >= 0.3 is 0 Å². The van der Waals surface area contributed by atoms with Crippen LogP contribution in [-0.2, 0) is 7.05 Å². The molecule has 5 heteroatoms. The Hall–Kier alpha value is -1.49. The molecule has 0 radical (unpaired) electrons. The number of rotatable bonds is 2. The van der Waals surface area contributed by atoms with E-state index in [0.717, 1.165) is 16.5 Å². The summed E-state index contributed by atoms with van der Waals surface area (Å²) >= 11 is 1.51. The van der Waals surface area contributed by atoms with Gasteiger partial charge in [-0.05, 0) is 30.5 Å². The zero-order valence-electron chi connectivity index (χ0n) is 8.51. The molecule has 4 nitrogen and oxygen atoms in total. The summed E-state index contributed by atoms with van der Waals surface area (Å²) < 4.78 is 1.73. The minimum Gasteiger partial charge on any atom is -0.508 e. The zero-order chi connectivity index (χ0) is 10.8. The molecule has 0 bridgehead atoms. The van der Waals surface area contributed by atoms with Crippen LogP contribution >= 0.6 is 11.8 Å². The summed E-state index contributed by atoms with van der Waals surface area (Å²) in [5.74, 6) is 1.06. The van der Waals surface area contributed by atoms with Crippen molar-refractivity contribution in [2.45, 2.75) is 5.16 Å². The van der Waals surface area contributed by atoms with Crippen LogP contribution in [0.4, 0.5) is 0 Å². The van der Waals surface area contributed by atoms with Gasteiger partial charge in [-0.1, -0.05) is 11.8 Å². The van der Waals surface area contributed by atoms with Gasteiger partial charge in [-0.15, -0.1) is 5.10 Å². The molecule has 2 aromatic rings. The largest absolute Gasteiger partial charge is 0.508 e. The first-order valence-electron chi connectivity index (χ1n) is 4.45. The standard InChI is InChI=1S/C10H11N3OS/c1-13-9(11-10(12-13)15-2)7-3-5-8(14)6-4-7/h3-6,14H,1-2H3. The topological polar surface area (TPSA) is 50.9 Å². The summed E-state index contributed by atoms with van der Waals surface area (Å²) in [6.07, 6.45) is 1.94. The van der Waals surface area contributed by atoms with Crippen molar-refractivity contribution in [1.82, 2.24) is 14.8 Å². The highest BCUT2D eigenvalue weighted by molar-refractivity contribution is 7.98.